The van der Waals surface area contributed by atoms with E-state index >= 15 is 0 Å². The lowest BCUT2D eigenvalue weighted by Crippen LogP contribution is -2.50. The predicted octanol–water partition coefficient (Wildman–Crippen LogP) is 1.56. The van der Waals surface area contributed by atoms with Crippen molar-refractivity contribution >= 4 is 23.6 Å². The van der Waals surface area contributed by atoms with Crippen LogP contribution in [0.3, 0.4) is 0 Å². The van der Waals surface area contributed by atoms with Gasteiger partial charge < -0.3 is 14.8 Å². The summed E-state index contributed by atoms with van der Waals surface area (Å²) in [4.78, 5) is 24.8. The predicted molar refractivity (Wildman–Crippen MR) is 76.7 cm³/mol. The van der Waals surface area contributed by atoms with Crippen molar-refractivity contribution in [3.05, 3.63) is 35.6 Å². The maximum Gasteiger partial charge on any atom is 0.234 e. The monoisotopic (exact) mass is 310 g/mol. The smallest absolute Gasteiger partial charge is 0.234 e. The number of hydrogen-bond acceptors (Lipinski definition) is 4. The molecule has 2 atom stereocenters. The molecule has 0 spiro atoms. The molecule has 4 nitrogen and oxygen atoms in total. The van der Waals surface area contributed by atoms with Crippen molar-refractivity contribution in [2.75, 3.05) is 5.75 Å². The number of carboxylic acid groups (broad SMARTS) is 1. The second-order valence-corrected chi connectivity index (χ2v) is 6.52. The second-order valence-electron chi connectivity index (χ2n) is 5.45. The molecule has 0 radical (unpaired) electrons. The van der Waals surface area contributed by atoms with E-state index in [0.717, 1.165) is 0 Å². The SMILES string of the molecule is CC(C)C[C@@H](C(=O)[O-])N1C(=O)CS[C@H]1c1ccccc1F. The number of halogens is 1. The fourth-order valence-electron chi connectivity index (χ4n) is 2.46. The van der Waals surface area contributed by atoms with E-state index in [0.29, 0.717) is 12.0 Å². The molecule has 1 amide bonds. The van der Waals surface area contributed by atoms with Crippen molar-refractivity contribution < 1.29 is 19.1 Å². The van der Waals surface area contributed by atoms with Crippen molar-refractivity contribution in [3.63, 3.8) is 0 Å². The first-order valence-electron chi connectivity index (χ1n) is 6.80. The highest BCUT2D eigenvalue weighted by Gasteiger charge is 2.39. The highest BCUT2D eigenvalue weighted by atomic mass is 32.2. The first kappa shape index (κ1) is 15.8. The summed E-state index contributed by atoms with van der Waals surface area (Å²) < 4.78 is 14.0. The number of nitrogens with zero attached hydrogens (tertiary/aromatic N) is 1. The number of thioether (sulfide) groups is 1. The number of carbonyl (C=O) groups is 2. The molecule has 1 fully saturated rings. The molecule has 1 aromatic carbocycles. The van der Waals surface area contributed by atoms with Crippen LogP contribution >= 0.6 is 11.8 Å². The topological polar surface area (TPSA) is 60.4 Å². The molecule has 114 valence electrons. The summed E-state index contributed by atoms with van der Waals surface area (Å²) in [6.45, 7) is 3.75. The van der Waals surface area contributed by atoms with Gasteiger partial charge in [0.25, 0.3) is 0 Å². The quantitative estimate of drug-likeness (QED) is 0.828. The van der Waals surface area contributed by atoms with Crippen LogP contribution in [-0.2, 0) is 9.59 Å². The number of hydrogen-bond donors (Lipinski definition) is 0. The Morgan fingerprint density at radius 3 is 2.71 bits per heavy atom. The molecule has 0 aromatic heterocycles. The summed E-state index contributed by atoms with van der Waals surface area (Å²) in [5.74, 6) is -1.77. The van der Waals surface area contributed by atoms with Gasteiger partial charge in [-0.1, -0.05) is 32.0 Å². The van der Waals surface area contributed by atoms with Crippen molar-refractivity contribution in [2.45, 2.75) is 31.7 Å². The van der Waals surface area contributed by atoms with Gasteiger partial charge in [-0.05, 0) is 18.4 Å². The van der Waals surface area contributed by atoms with Gasteiger partial charge in [-0.25, -0.2) is 4.39 Å². The first-order chi connectivity index (χ1) is 9.91. The van der Waals surface area contributed by atoms with E-state index in [1.54, 1.807) is 18.2 Å². The van der Waals surface area contributed by atoms with Crippen LogP contribution in [0.1, 0.15) is 31.2 Å². The van der Waals surface area contributed by atoms with Crippen molar-refractivity contribution in [1.29, 1.82) is 0 Å². The second kappa shape index (κ2) is 6.47. The van der Waals surface area contributed by atoms with Gasteiger partial charge >= 0.3 is 0 Å². The molecule has 2 rings (SSSR count). The molecule has 0 saturated carbocycles. The van der Waals surface area contributed by atoms with Crippen LogP contribution in [0.4, 0.5) is 4.39 Å². The standard InChI is InChI=1S/C15H18FNO3S/c1-9(2)7-12(15(19)20)17-13(18)8-21-14(17)10-5-3-4-6-11(10)16/h3-6,9,12,14H,7-8H2,1-2H3,(H,19,20)/p-1/t12-,14-/m0/s1. The Morgan fingerprint density at radius 2 is 2.14 bits per heavy atom. The van der Waals surface area contributed by atoms with Crippen LogP contribution in [0.5, 0.6) is 0 Å². The number of benzene rings is 1. The molecule has 1 aromatic rings. The largest absolute Gasteiger partial charge is 0.548 e. The summed E-state index contributed by atoms with van der Waals surface area (Å²) in [5, 5.41) is 10.8. The molecule has 0 unspecified atom stereocenters. The Morgan fingerprint density at radius 1 is 1.48 bits per heavy atom. The Balaban J connectivity index is 2.36. The average Bonchev–Trinajstić information content (AvgIpc) is 2.78. The summed E-state index contributed by atoms with van der Waals surface area (Å²) in [7, 11) is 0. The third kappa shape index (κ3) is 3.37. The van der Waals surface area contributed by atoms with Crippen molar-refractivity contribution in [1.82, 2.24) is 4.90 Å². The Bertz CT molecular complexity index is 549. The fraction of sp³-hybridized carbons (Fsp3) is 0.467. The minimum atomic E-state index is -1.29. The number of carboxylic acids is 1. The van der Waals surface area contributed by atoms with E-state index < -0.39 is 23.2 Å². The lowest BCUT2D eigenvalue weighted by Gasteiger charge is -2.34. The third-order valence-electron chi connectivity index (χ3n) is 3.38. The maximum absolute atomic E-state index is 14.0. The average molecular weight is 310 g/mol. The summed E-state index contributed by atoms with van der Waals surface area (Å²) >= 11 is 1.24. The molecule has 1 aliphatic rings. The number of carbonyl (C=O) groups excluding carboxylic acids is 2. The van der Waals surface area contributed by atoms with Gasteiger partial charge in [0.1, 0.15) is 11.2 Å². The number of rotatable bonds is 5. The minimum absolute atomic E-state index is 0.0903. The molecular weight excluding hydrogens is 293 g/mol. The summed E-state index contributed by atoms with van der Waals surface area (Å²) in [5.41, 5.74) is 0.336. The molecule has 0 bridgehead atoms. The minimum Gasteiger partial charge on any atom is -0.548 e. The van der Waals surface area contributed by atoms with Gasteiger partial charge in [-0.3, -0.25) is 4.79 Å². The zero-order chi connectivity index (χ0) is 15.6. The number of amides is 1. The van der Waals surface area contributed by atoms with Crippen LogP contribution in [0, 0.1) is 11.7 Å². The zero-order valence-electron chi connectivity index (χ0n) is 11.9. The molecule has 1 saturated heterocycles. The highest BCUT2D eigenvalue weighted by Crippen LogP contribution is 2.41. The molecule has 0 N–H and O–H groups in total. The van der Waals surface area contributed by atoms with Crippen LogP contribution in [0.15, 0.2) is 24.3 Å². The van der Waals surface area contributed by atoms with Gasteiger partial charge in [-0.2, -0.15) is 0 Å². The fourth-order valence-corrected chi connectivity index (χ4v) is 3.70. The maximum atomic E-state index is 14.0. The molecule has 0 aliphatic carbocycles. The van der Waals surface area contributed by atoms with Gasteiger partial charge in [0.15, 0.2) is 0 Å². The Hall–Kier alpha value is -1.56. The van der Waals surface area contributed by atoms with Crippen molar-refractivity contribution in [2.24, 2.45) is 5.92 Å². The van der Waals surface area contributed by atoms with Crippen molar-refractivity contribution in [3.8, 4) is 0 Å². The highest BCUT2D eigenvalue weighted by molar-refractivity contribution is 8.00. The lowest BCUT2D eigenvalue weighted by molar-refractivity contribution is -0.312. The van der Waals surface area contributed by atoms with E-state index in [-0.39, 0.29) is 17.6 Å². The molecule has 1 aliphatic heterocycles. The van der Waals surface area contributed by atoms with E-state index in [9.17, 15) is 19.1 Å². The van der Waals surface area contributed by atoms with E-state index in [1.165, 1.54) is 22.7 Å². The third-order valence-corrected chi connectivity index (χ3v) is 4.59. The van der Waals surface area contributed by atoms with E-state index in [2.05, 4.69) is 0 Å². The lowest BCUT2D eigenvalue weighted by atomic mass is 10.0. The Labute approximate surface area is 127 Å². The zero-order valence-corrected chi connectivity index (χ0v) is 12.7. The normalized spacial score (nSPS) is 20.1. The van der Waals surface area contributed by atoms with Crippen LogP contribution in [0.25, 0.3) is 0 Å². The molecular formula is C15H17FNO3S-. The van der Waals surface area contributed by atoms with Gasteiger partial charge in [-0.15, -0.1) is 11.8 Å². The molecule has 6 heteroatoms. The van der Waals surface area contributed by atoms with Crippen LogP contribution < -0.4 is 5.11 Å². The first-order valence-corrected chi connectivity index (χ1v) is 7.84. The number of aliphatic carboxylic acids is 1. The van der Waals surface area contributed by atoms with Gasteiger partial charge in [0.2, 0.25) is 5.91 Å². The van der Waals surface area contributed by atoms with Gasteiger partial charge in [0.05, 0.1) is 17.8 Å². The summed E-state index contributed by atoms with van der Waals surface area (Å²) in [6.07, 6.45) is 0.291. The molecule has 1 heterocycles. The Kier molecular flexibility index (Phi) is 4.88. The van der Waals surface area contributed by atoms with Crippen LogP contribution in [-0.4, -0.2) is 28.6 Å². The van der Waals surface area contributed by atoms with Crippen LogP contribution in [0.2, 0.25) is 0 Å². The van der Waals surface area contributed by atoms with E-state index in [1.807, 2.05) is 13.8 Å². The van der Waals surface area contributed by atoms with Gasteiger partial charge in [0, 0.05) is 5.56 Å². The van der Waals surface area contributed by atoms with E-state index in [4.69, 9.17) is 0 Å². The summed E-state index contributed by atoms with van der Waals surface area (Å²) in [6, 6.07) is 5.11. The molecule has 21 heavy (non-hydrogen) atoms.